The van der Waals surface area contributed by atoms with Gasteiger partial charge in [0.05, 0.1) is 0 Å². The summed E-state index contributed by atoms with van der Waals surface area (Å²) in [4.78, 5) is 2.20. The van der Waals surface area contributed by atoms with Crippen molar-refractivity contribution in [3.63, 3.8) is 0 Å². The van der Waals surface area contributed by atoms with E-state index in [4.69, 9.17) is 0 Å². The van der Waals surface area contributed by atoms with E-state index in [0.717, 1.165) is 0 Å². The molecule has 0 amide bonds. The van der Waals surface area contributed by atoms with Crippen LogP contribution in [0.5, 0.6) is 0 Å². The zero-order valence-electron chi connectivity index (χ0n) is 6.97. The van der Waals surface area contributed by atoms with Gasteiger partial charge in [-0.2, -0.15) is 0 Å². The predicted octanol–water partition coefficient (Wildman–Crippen LogP) is 2.49. The normalized spacial score (nSPS) is 11.0. The van der Waals surface area contributed by atoms with E-state index in [1.54, 1.807) is 16.9 Å². The molecule has 0 rings (SSSR count). The molecule has 1 heteroatoms. The van der Waals surface area contributed by atoms with Gasteiger partial charge in [0.25, 0.3) is 0 Å². The van der Waals surface area contributed by atoms with Gasteiger partial charge in [-0.3, -0.25) is 0 Å². The molecule has 0 N–H and O–H groups in total. The van der Waals surface area contributed by atoms with Crippen LogP contribution >= 0.6 is 0 Å². The summed E-state index contributed by atoms with van der Waals surface area (Å²) in [5, 5.41) is 0. The molecule has 1 unspecified atom stereocenters. The molecular formula is C9H19As. The molecule has 0 aromatic rings. The summed E-state index contributed by atoms with van der Waals surface area (Å²) < 4.78 is 0. The van der Waals surface area contributed by atoms with Gasteiger partial charge in [-0.1, -0.05) is 0 Å². The molecule has 60 valence electrons. The average molecular weight is 202 g/mol. The van der Waals surface area contributed by atoms with Gasteiger partial charge in [-0.25, -0.2) is 0 Å². The average Bonchev–Trinajstić information content (AvgIpc) is 1.97. The first-order valence-corrected chi connectivity index (χ1v) is 5.68. The van der Waals surface area contributed by atoms with Crippen molar-refractivity contribution in [1.29, 1.82) is 0 Å². The van der Waals surface area contributed by atoms with Crippen molar-refractivity contribution in [3.8, 4) is 0 Å². The number of hydrogen-bond acceptors (Lipinski definition) is 0. The molecule has 0 spiro atoms. The first kappa shape index (κ1) is 10.3. The molecule has 0 aromatic carbocycles. The molecule has 0 aliphatic carbocycles. The predicted molar refractivity (Wildman–Crippen MR) is 51.1 cm³/mol. The van der Waals surface area contributed by atoms with Gasteiger partial charge in [0, 0.05) is 0 Å². The molecule has 0 aliphatic heterocycles. The standard InChI is InChI=1S/C9H19As/c1-2-3-4-5-6-7-8-9-10/h8-9H,2-7,10H2,1H3. The summed E-state index contributed by atoms with van der Waals surface area (Å²) in [6.45, 7) is 2.26. The number of unbranched alkanes of at least 4 members (excludes halogenated alkanes) is 5. The quantitative estimate of drug-likeness (QED) is 0.458. The first-order valence-electron chi connectivity index (χ1n) is 4.28. The second kappa shape index (κ2) is 9.30. The molecule has 0 aliphatic rings. The summed E-state index contributed by atoms with van der Waals surface area (Å²) >= 11 is 1.70. The molecule has 10 heavy (non-hydrogen) atoms. The SMILES string of the molecule is CCCCCCCC=C[AsH2]. The topological polar surface area (TPSA) is 0 Å². The van der Waals surface area contributed by atoms with Crippen LogP contribution in [0.4, 0.5) is 0 Å². The monoisotopic (exact) mass is 202 g/mol. The molecule has 0 saturated carbocycles. The number of allylic oxidation sites excluding steroid dienone is 1. The van der Waals surface area contributed by atoms with Crippen LogP contribution in [-0.4, -0.2) is 16.9 Å². The molecule has 0 radical (unpaired) electrons. The third kappa shape index (κ3) is 8.30. The maximum absolute atomic E-state index is 2.28. The van der Waals surface area contributed by atoms with E-state index < -0.39 is 0 Å². The zero-order chi connectivity index (χ0) is 7.66. The van der Waals surface area contributed by atoms with Gasteiger partial charge in [0.2, 0.25) is 0 Å². The van der Waals surface area contributed by atoms with Gasteiger partial charge >= 0.3 is 73.2 Å². The molecule has 0 bridgehead atoms. The van der Waals surface area contributed by atoms with Crippen molar-refractivity contribution in [2.24, 2.45) is 0 Å². The summed E-state index contributed by atoms with van der Waals surface area (Å²) in [5.74, 6) is 0. The van der Waals surface area contributed by atoms with Crippen molar-refractivity contribution >= 4 is 16.9 Å². The second-order valence-electron chi connectivity index (χ2n) is 2.63. The summed E-state index contributed by atoms with van der Waals surface area (Å²) in [6, 6.07) is 0. The Morgan fingerprint density at radius 1 is 1.10 bits per heavy atom. The molecule has 0 heterocycles. The number of rotatable bonds is 6. The molecule has 0 fully saturated rings. The van der Waals surface area contributed by atoms with Gasteiger partial charge < -0.3 is 0 Å². The minimum atomic E-state index is 1.29. The van der Waals surface area contributed by atoms with Gasteiger partial charge in [0.15, 0.2) is 0 Å². The van der Waals surface area contributed by atoms with Crippen LogP contribution in [0.15, 0.2) is 10.9 Å². The maximum atomic E-state index is 2.28. The fourth-order valence-electron chi connectivity index (χ4n) is 0.962. The van der Waals surface area contributed by atoms with Crippen molar-refractivity contribution < 1.29 is 0 Å². The van der Waals surface area contributed by atoms with Crippen LogP contribution in [0.2, 0.25) is 0 Å². The molecule has 0 aromatic heterocycles. The Balaban J connectivity index is 2.77. The van der Waals surface area contributed by atoms with Crippen LogP contribution < -0.4 is 0 Å². The van der Waals surface area contributed by atoms with Crippen LogP contribution in [0.25, 0.3) is 0 Å². The van der Waals surface area contributed by atoms with E-state index in [9.17, 15) is 0 Å². The van der Waals surface area contributed by atoms with Crippen molar-refractivity contribution in [2.45, 2.75) is 45.4 Å². The molecular weight excluding hydrogens is 183 g/mol. The number of hydrogen-bond donors (Lipinski definition) is 0. The Bertz CT molecular complexity index is 76.8. The van der Waals surface area contributed by atoms with E-state index in [1.807, 2.05) is 0 Å². The second-order valence-corrected chi connectivity index (χ2v) is 3.44. The van der Waals surface area contributed by atoms with Crippen molar-refractivity contribution in [1.82, 2.24) is 0 Å². The van der Waals surface area contributed by atoms with Crippen molar-refractivity contribution in [2.75, 3.05) is 0 Å². The minimum absolute atomic E-state index is 1.29. The Kier molecular flexibility index (Phi) is 9.58. The third-order valence-corrected chi connectivity index (χ3v) is 2.18. The van der Waals surface area contributed by atoms with Gasteiger partial charge in [-0.15, -0.1) is 0 Å². The van der Waals surface area contributed by atoms with E-state index >= 15 is 0 Å². The fourth-order valence-corrected chi connectivity index (χ4v) is 1.37. The third-order valence-electron chi connectivity index (χ3n) is 1.61. The van der Waals surface area contributed by atoms with Crippen molar-refractivity contribution in [3.05, 3.63) is 10.9 Å². The molecule has 1 atom stereocenters. The summed E-state index contributed by atoms with van der Waals surface area (Å²) in [6.07, 6.45) is 10.6. The Labute approximate surface area is 73.6 Å². The summed E-state index contributed by atoms with van der Waals surface area (Å²) in [5.41, 5.74) is 0. The Hall–Kier alpha value is 0.298. The Morgan fingerprint density at radius 2 is 1.80 bits per heavy atom. The van der Waals surface area contributed by atoms with Crippen LogP contribution in [0.3, 0.4) is 0 Å². The van der Waals surface area contributed by atoms with Crippen LogP contribution in [0.1, 0.15) is 45.4 Å². The molecule has 0 nitrogen and oxygen atoms in total. The molecule has 0 saturated heterocycles. The first-order chi connectivity index (χ1) is 4.91. The van der Waals surface area contributed by atoms with Crippen LogP contribution in [-0.2, 0) is 0 Å². The zero-order valence-corrected chi connectivity index (χ0v) is 9.40. The summed E-state index contributed by atoms with van der Waals surface area (Å²) in [7, 11) is 0. The fraction of sp³-hybridized carbons (Fsp3) is 0.778. The van der Waals surface area contributed by atoms with Crippen LogP contribution in [0, 0.1) is 0 Å². The van der Waals surface area contributed by atoms with E-state index in [1.165, 1.54) is 38.5 Å². The van der Waals surface area contributed by atoms with E-state index in [-0.39, 0.29) is 0 Å². The van der Waals surface area contributed by atoms with E-state index in [2.05, 4.69) is 17.9 Å². The van der Waals surface area contributed by atoms with Gasteiger partial charge in [-0.05, 0) is 0 Å². The Morgan fingerprint density at radius 3 is 2.40 bits per heavy atom. The van der Waals surface area contributed by atoms with Gasteiger partial charge in [0.1, 0.15) is 0 Å². The van der Waals surface area contributed by atoms with E-state index in [0.29, 0.717) is 0 Å².